The molecule has 0 heterocycles. The number of rotatable bonds is 11. The molecule has 3 heteroatoms. The molecule has 1 aromatic rings. The SMILES string of the molecule is CCOC(CC(C)C)(Oc1ccccc1)[N+](C)(CC)CCC(C)C. The zero-order valence-corrected chi connectivity index (χ0v) is 16.8. The quantitative estimate of drug-likeness (QED) is 0.402. The fourth-order valence-electron chi connectivity index (χ4n) is 3.14. The van der Waals surface area contributed by atoms with Gasteiger partial charge in [0.05, 0.1) is 33.2 Å². The number of ether oxygens (including phenoxy) is 2. The molecule has 0 spiro atoms. The normalized spacial score (nSPS) is 16.9. The number of hydrogen-bond acceptors (Lipinski definition) is 2. The molecule has 0 aliphatic heterocycles. The molecule has 0 aliphatic carbocycles. The summed E-state index contributed by atoms with van der Waals surface area (Å²) in [6.07, 6.45) is 2.04. The average molecular weight is 337 g/mol. The van der Waals surface area contributed by atoms with Crippen molar-refractivity contribution in [3.8, 4) is 5.75 Å². The van der Waals surface area contributed by atoms with E-state index >= 15 is 0 Å². The highest BCUT2D eigenvalue weighted by Gasteiger charge is 2.51. The summed E-state index contributed by atoms with van der Waals surface area (Å²) in [5.41, 5.74) is 0. The van der Waals surface area contributed by atoms with Crippen molar-refractivity contribution in [1.82, 2.24) is 0 Å². The Morgan fingerprint density at radius 1 is 1.00 bits per heavy atom. The first-order chi connectivity index (χ1) is 11.3. The first kappa shape index (κ1) is 21.0. The Morgan fingerprint density at radius 2 is 1.62 bits per heavy atom. The molecule has 0 radical (unpaired) electrons. The van der Waals surface area contributed by atoms with E-state index in [9.17, 15) is 0 Å². The van der Waals surface area contributed by atoms with Gasteiger partial charge in [0.15, 0.2) is 0 Å². The molecule has 138 valence electrons. The third-order valence-corrected chi connectivity index (χ3v) is 4.78. The number of benzene rings is 1. The van der Waals surface area contributed by atoms with E-state index in [4.69, 9.17) is 9.47 Å². The van der Waals surface area contributed by atoms with Crippen LogP contribution in [0.3, 0.4) is 0 Å². The predicted molar refractivity (Wildman–Crippen MR) is 102 cm³/mol. The molecule has 2 unspecified atom stereocenters. The van der Waals surface area contributed by atoms with Gasteiger partial charge in [-0.05, 0) is 44.2 Å². The van der Waals surface area contributed by atoms with Crippen molar-refractivity contribution in [2.75, 3.05) is 26.7 Å². The van der Waals surface area contributed by atoms with Crippen molar-refractivity contribution in [1.29, 1.82) is 0 Å². The summed E-state index contributed by atoms with van der Waals surface area (Å²) >= 11 is 0. The van der Waals surface area contributed by atoms with Crippen molar-refractivity contribution in [2.24, 2.45) is 11.8 Å². The van der Waals surface area contributed by atoms with Crippen LogP contribution in [0.2, 0.25) is 0 Å². The number of quaternary nitrogens is 1. The third-order valence-electron chi connectivity index (χ3n) is 4.78. The lowest BCUT2D eigenvalue weighted by Crippen LogP contribution is -2.67. The zero-order chi connectivity index (χ0) is 18.2. The van der Waals surface area contributed by atoms with Crippen LogP contribution in [0.4, 0.5) is 0 Å². The van der Waals surface area contributed by atoms with Gasteiger partial charge in [-0.3, -0.25) is 9.22 Å². The lowest BCUT2D eigenvalue weighted by molar-refractivity contribution is -1.01. The van der Waals surface area contributed by atoms with Crippen LogP contribution in [0, 0.1) is 11.8 Å². The van der Waals surface area contributed by atoms with Gasteiger partial charge in [-0.15, -0.1) is 0 Å². The highest BCUT2D eigenvalue weighted by atomic mass is 16.7. The van der Waals surface area contributed by atoms with Gasteiger partial charge in [0.25, 0.3) is 0 Å². The van der Waals surface area contributed by atoms with Crippen LogP contribution in [-0.4, -0.2) is 37.1 Å². The predicted octanol–water partition coefficient (Wildman–Crippen LogP) is 5.31. The van der Waals surface area contributed by atoms with Gasteiger partial charge in [-0.2, -0.15) is 0 Å². The van der Waals surface area contributed by atoms with E-state index in [1.807, 2.05) is 30.3 Å². The van der Waals surface area contributed by atoms with Crippen LogP contribution >= 0.6 is 0 Å². The van der Waals surface area contributed by atoms with Crippen molar-refractivity contribution in [3.63, 3.8) is 0 Å². The monoisotopic (exact) mass is 336 g/mol. The van der Waals surface area contributed by atoms with E-state index in [0.717, 1.165) is 36.2 Å². The maximum atomic E-state index is 6.59. The Balaban J connectivity index is 3.25. The summed E-state index contributed by atoms with van der Waals surface area (Å²) in [6, 6.07) is 10.1. The minimum Gasteiger partial charge on any atom is -0.417 e. The molecular weight excluding hydrogens is 298 g/mol. The molecule has 0 aliphatic rings. The molecule has 0 fully saturated rings. The number of hydrogen-bond donors (Lipinski definition) is 0. The van der Waals surface area contributed by atoms with Gasteiger partial charge in [0.2, 0.25) is 0 Å². The van der Waals surface area contributed by atoms with E-state index in [1.54, 1.807) is 0 Å². The van der Waals surface area contributed by atoms with E-state index in [-0.39, 0.29) is 0 Å². The zero-order valence-electron chi connectivity index (χ0n) is 16.8. The Bertz CT molecular complexity index is 460. The highest BCUT2D eigenvalue weighted by Crippen LogP contribution is 2.35. The molecule has 0 N–H and O–H groups in total. The highest BCUT2D eigenvalue weighted by molar-refractivity contribution is 5.21. The Labute approximate surface area is 149 Å². The molecule has 0 aromatic heterocycles. The van der Waals surface area contributed by atoms with Crippen LogP contribution in [0.1, 0.15) is 54.4 Å². The van der Waals surface area contributed by atoms with E-state index in [2.05, 4.69) is 48.6 Å². The molecule has 0 amide bonds. The second-order valence-electron chi connectivity index (χ2n) is 7.78. The second kappa shape index (κ2) is 9.43. The van der Waals surface area contributed by atoms with Crippen LogP contribution in [0.25, 0.3) is 0 Å². The Kier molecular flexibility index (Phi) is 8.24. The molecule has 1 aromatic carbocycles. The lowest BCUT2D eigenvalue weighted by Gasteiger charge is -2.49. The molecule has 0 bridgehead atoms. The van der Waals surface area contributed by atoms with E-state index in [0.29, 0.717) is 18.4 Å². The maximum absolute atomic E-state index is 6.59. The smallest absolute Gasteiger partial charge is 0.361 e. The number of para-hydroxylation sites is 1. The minimum absolute atomic E-state index is 0.489. The lowest BCUT2D eigenvalue weighted by atomic mass is 10.0. The van der Waals surface area contributed by atoms with E-state index in [1.165, 1.54) is 0 Å². The third kappa shape index (κ3) is 5.49. The fraction of sp³-hybridized carbons (Fsp3) is 0.714. The summed E-state index contributed by atoms with van der Waals surface area (Å²) in [5, 5.41) is 0. The van der Waals surface area contributed by atoms with Gasteiger partial charge in [0, 0.05) is 0 Å². The van der Waals surface area contributed by atoms with Crippen molar-refractivity contribution in [3.05, 3.63) is 30.3 Å². The summed E-state index contributed by atoms with van der Waals surface area (Å²) in [5.74, 6) is 1.40. The molecule has 1 rings (SSSR count). The van der Waals surface area contributed by atoms with Gasteiger partial charge < -0.3 is 4.74 Å². The van der Waals surface area contributed by atoms with Crippen LogP contribution in [0.5, 0.6) is 5.75 Å². The van der Waals surface area contributed by atoms with Gasteiger partial charge in [0.1, 0.15) is 5.75 Å². The Morgan fingerprint density at radius 3 is 2.08 bits per heavy atom. The fourth-order valence-corrected chi connectivity index (χ4v) is 3.14. The Hall–Kier alpha value is -1.06. The summed E-state index contributed by atoms with van der Waals surface area (Å²) < 4.78 is 13.7. The largest absolute Gasteiger partial charge is 0.417 e. The first-order valence-corrected chi connectivity index (χ1v) is 9.51. The van der Waals surface area contributed by atoms with Crippen LogP contribution in [-0.2, 0) is 4.74 Å². The van der Waals surface area contributed by atoms with Crippen molar-refractivity contribution < 1.29 is 14.0 Å². The standard InChI is InChI=1S/C21H38NO2/c1-8-22(7,16-15-18(3)4)21(23-9-2,17-19(5)6)24-20-13-11-10-12-14-20/h10-14,18-19H,8-9,15-17H2,1-7H3/q+1. The van der Waals surface area contributed by atoms with Crippen molar-refractivity contribution >= 4 is 0 Å². The molecule has 0 saturated heterocycles. The topological polar surface area (TPSA) is 18.5 Å². The van der Waals surface area contributed by atoms with E-state index < -0.39 is 5.91 Å². The molecular formula is C21H38NO2+. The second-order valence-corrected chi connectivity index (χ2v) is 7.78. The van der Waals surface area contributed by atoms with Crippen LogP contribution < -0.4 is 4.74 Å². The maximum Gasteiger partial charge on any atom is 0.361 e. The summed E-state index contributed by atoms with van der Waals surface area (Å²) in [4.78, 5) is 0. The summed E-state index contributed by atoms with van der Waals surface area (Å²) in [6.45, 7) is 16.0. The molecule has 3 nitrogen and oxygen atoms in total. The van der Waals surface area contributed by atoms with Gasteiger partial charge in [-0.1, -0.05) is 45.9 Å². The first-order valence-electron chi connectivity index (χ1n) is 9.51. The van der Waals surface area contributed by atoms with Gasteiger partial charge >= 0.3 is 5.91 Å². The summed E-state index contributed by atoms with van der Waals surface area (Å²) in [7, 11) is 2.28. The average Bonchev–Trinajstić information content (AvgIpc) is 2.53. The minimum atomic E-state index is -0.645. The molecule has 24 heavy (non-hydrogen) atoms. The van der Waals surface area contributed by atoms with Crippen LogP contribution in [0.15, 0.2) is 30.3 Å². The van der Waals surface area contributed by atoms with Crippen molar-refractivity contribution in [2.45, 2.75) is 60.3 Å². The number of nitrogens with zero attached hydrogens (tertiary/aromatic N) is 1. The molecule has 0 saturated carbocycles. The molecule has 2 atom stereocenters. The van der Waals surface area contributed by atoms with Gasteiger partial charge in [-0.25, -0.2) is 0 Å².